The number of carbonyl (C=O) groups excluding carboxylic acids is 2. The minimum absolute atomic E-state index is 0.233. The van der Waals surface area contributed by atoms with Crippen LogP contribution in [0, 0.1) is 6.92 Å². The van der Waals surface area contributed by atoms with Gasteiger partial charge in [-0.1, -0.05) is 6.08 Å². The third-order valence-corrected chi connectivity index (χ3v) is 4.27. The number of hydrogen-bond acceptors (Lipinski definition) is 3. The topological polar surface area (TPSA) is 51.1 Å². The molecule has 1 aliphatic carbocycles. The van der Waals surface area contributed by atoms with Crippen molar-refractivity contribution in [1.82, 2.24) is 4.57 Å². The van der Waals surface area contributed by atoms with E-state index in [2.05, 4.69) is 16.5 Å². The molecular formula is C19H20N2O2. The van der Waals surface area contributed by atoms with Crippen LogP contribution in [0.5, 0.6) is 0 Å². The second-order valence-electron chi connectivity index (χ2n) is 5.84. The Morgan fingerprint density at radius 1 is 1.35 bits per heavy atom. The van der Waals surface area contributed by atoms with E-state index < -0.39 is 0 Å². The molecule has 0 unspecified atom stereocenters. The van der Waals surface area contributed by atoms with Crippen LogP contribution < -0.4 is 5.32 Å². The van der Waals surface area contributed by atoms with Gasteiger partial charge in [0.05, 0.1) is 0 Å². The summed E-state index contributed by atoms with van der Waals surface area (Å²) in [5.74, 6) is 0.233. The van der Waals surface area contributed by atoms with E-state index in [0.29, 0.717) is 18.5 Å². The van der Waals surface area contributed by atoms with Gasteiger partial charge < -0.3 is 9.88 Å². The van der Waals surface area contributed by atoms with Crippen molar-refractivity contribution in [3.05, 3.63) is 59.4 Å². The average molecular weight is 308 g/mol. The molecule has 0 saturated carbocycles. The number of rotatable bonds is 5. The van der Waals surface area contributed by atoms with E-state index in [4.69, 9.17) is 0 Å². The molecule has 0 amide bonds. The van der Waals surface area contributed by atoms with Crippen molar-refractivity contribution < 1.29 is 9.59 Å². The maximum absolute atomic E-state index is 12.2. The summed E-state index contributed by atoms with van der Waals surface area (Å²) in [6.45, 7) is 6.26. The van der Waals surface area contributed by atoms with Gasteiger partial charge in [0.25, 0.3) is 0 Å². The summed E-state index contributed by atoms with van der Waals surface area (Å²) in [6.07, 6.45) is 7.04. The third kappa shape index (κ3) is 2.72. The van der Waals surface area contributed by atoms with Crippen LogP contribution in [0.3, 0.4) is 0 Å². The molecule has 0 aliphatic heterocycles. The maximum atomic E-state index is 12.2. The van der Waals surface area contributed by atoms with Crippen LogP contribution in [0.2, 0.25) is 0 Å². The van der Waals surface area contributed by atoms with Crippen LogP contribution in [0.25, 0.3) is 5.69 Å². The summed E-state index contributed by atoms with van der Waals surface area (Å²) >= 11 is 0. The Hall–Kier alpha value is -2.62. The summed E-state index contributed by atoms with van der Waals surface area (Å²) in [6, 6.07) is 5.67. The van der Waals surface area contributed by atoms with Gasteiger partial charge in [0.2, 0.25) is 0 Å². The highest BCUT2D eigenvalue weighted by Crippen LogP contribution is 2.30. The van der Waals surface area contributed by atoms with Crippen LogP contribution in [0.15, 0.2) is 37.1 Å². The van der Waals surface area contributed by atoms with Gasteiger partial charge in [-0.15, -0.1) is 6.58 Å². The highest BCUT2D eigenvalue weighted by molar-refractivity contribution is 5.99. The van der Waals surface area contributed by atoms with Crippen molar-refractivity contribution in [2.75, 3.05) is 11.9 Å². The number of nitrogens with one attached hydrogen (secondary N) is 1. The predicted octanol–water partition coefficient (Wildman–Crippen LogP) is 3.72. The third-order valence-electron chi connectivity index (χ3n) is 4.27. The molecule has 0 fully saturated rings. The Morgan fingerprint density at radius 3 is 2.91 bits per heavy atom. The van der Waals surface area contributed by atoms with Gasteiger partial charge >= 0.3 is 0 Å². The molecule has 0 saturated heterocycles. The molecule has 0 radical (unpaired) electrons. The Morgan fingerprint density at radius 2 is 2.17 bits per heavy atom. The zero-order valence-corrected chi connectivity index (χ0v) is 13.3. The zero-order valence-electron chi connectivity index (χ0n) is 13.3. The minimum atomic E-state index is 0.233. The lowest BCUT2D eigenvalue weighted by molar-refractivity contribution is 0.0971. The molecule has 4 heteroatoms. The number of anilines is 1. The van der Waals surface area contributed by atoms with Gasteiger partial charge in [-0.3, -0.25) is 9.59 Å². The molecule has 1 aromatic carbocycles. The summed E-state index contributed by atoms with van der Waals surface area (Å²) in [5.41, 5.74) is 5.32. The van der Waals surface area contributed by atoms with E-state index in [1.807, 2.05) is 25.3 Å². The number of aldehydes is 1. The second kappa shape index (κ2) is 6.24. The Bertz CT molecular complexity index is 787. The lowest BCUT2D eigenvalue weighted by atomic mass is 9.94. The lowest BCUT2D eigenvalue weighted by Gasteiger charge is -2.16. The number of Topliss-reactive ketones (excluding diaryl/α,β-unsaturated/α-hetero) is 1. The van der Waals surface area contributed by atoms with Crippen molar-refractivity contribution >= 4 is 17.8 Å². The normalized spacial score (nSPS) is 13.5. The van der Waals surface area contributed by atoms with Crippen molar-refractivity contribution in [3.8, 4) is 5.69 Å². The Labute approximate surface area is 135 Å². The van der Waals surface area contributed by atoms with Crippen molar-refractivity contribution in [2.24, 2.45) is 0 Å². The molecule has 2 aromatic rings. The highest BCUT2D eigenvalue weighted by Gasteiger charge is 2.24. The van der Waals surface area contributed by atoms with Crippen molar-refractivity contribution in [1.29, 1.82) is 0 Å². The summed E-state index contributed by atoms with van der Waals surface area (Å²) < 4.78 is 2.08. The number of benzene rings is 1. The van der Waals surface area contributed by atoms with Gasteiger partial charge in [0.15, 0.2) is 12.1 Å². The summed E-state index contributed by atoms with van der Waals surface area (Å²) in [5, 5.41) is 3.19. The molecule has 1 N–H and O–H groups in total. The first-order chi connectivity index (χ1) is 11.2. The van der Waals surface area contributed by atoms with E-state index in [1.165, 1.54) is 0 Å². The maximum Gasteiger partial charge on any atom is 0.164 e. The summed E-state index contributed by atoms with van der Waals surface area (Å²) in [4.78, 5) is 23.4. The van der Waals surface area contributed by atoms with E-state index in [-0.39, 0.29) is 5.78 Å². The lowest BCUT2D eigenvalue weighted by Crippen LogP contribution is -2.13. The van der Waals surface area contributed by atoms with Crippen LogP contribution in [0.1, 0.15) is 44.8 Å². The molecule has 1 heterocycles. The molecule has 1 aromatic heterocycles. The molecule has 0 atom stereocenters. The Balaban J connectivity index is 2.09. The number of aromatic nitrogens is 1. The van der Waals surface area contributed by atoms with Crippen LogP contribution in [-0.4, -0.2) is 23.2 Å². The number of nitrogens with zero attached hydrogens (tertiary/aromatic N) is 1. The van der Waals surface area contributed by atoms with Gasteiger partial charge in [-0.05, 0) is 43.5 Å². The SMILES string of the molecule is C=CCNc1cc(-n2cc(C)c3c2CCCC3=O)ccc1C=O. The van der Waals surface area contributed by atoms with Crippen molar-refractivity contribution in [2.45, 2.75) is 26.2 Å². The van der Waals surface area contributed by atoms with Gasteiger partial charge in [0.1, 0.15) is 0 Å². The average Bonchev–Trinajstić information content (AvgIpc) is 2.91. The van der Waals surface area contributed by atoms with Crippen LogP contribution >= 0.6 is 0 Å². The number of ketones is 1. The van der Waals surface area contributed by atoms with Crippen molar-refractivity contribution in [3.63, 3.8) is 0 Å². The number of hydrogen-bond donors (Lipinski definition) is 1. The monoisotopic (exact) mass is 308 g/mol. The fourth-order valence-corrected chi connectivity index (χ4v) is 3.21. The highest BCUT2D eigenvalue weighted by atomic mass is 16.1. The molecule has 0 bridgehead atoms. The fourth-order valence-electron chi connectivity index (χ4n) is 3.21. The largest absolute Gasteiger partial charge is 0.381 e. The van der Waals surface area contributed by atoms with Crippen LogP contribution in [-0.2, 0) is 6.42 Å². The molecular weight excluding hydrogens is 288 g/mol. The molecule has 23 heavy (non-hydrogen) atoms. The van der Waals surface area contributed by atoms with Gasteiger partial charge in [0, 0.05) is 47.4 Å². The smallest absolute Gasteiger partial charge is 0.164 e. The summed E-state index contributed by atoms with van der Waals surface area (Å²) in [7, 11) is 0. The minimum Gasteiger partial charge on any atom is -0.381 e. The first-order valence-corrected chi connectivity index (χ1v) is 7.84. The standard InChI is InChI=1S/C19H20N2O2/c1-3-9-20-16-10-15(8-7-14(16)12-22)21-11-13(2)19-17(21)5-4-6-18(19)23/h3,7-8,10-12,20H,1,4-6,9H2,2H3. The first-order valence-electron chi connectivity index (χ1n) is 7.84. The number of carbonyl (C=O) groups is 2. The Kier molecular flexibility index (Phi) is 4.15. The van der Waals surface area contributed by atoms with E-state index in [1.54, 1.807) is 12.1 Å². The molecule has 118 valence electrons. The van der Waals surface area contributed by atoms with E-state index in [0.717, 1.165) is 47.3 Å². The number of aryl methyl sites for hydroxylation is 1. The molecule has 0 spiro atoms. The number of fused-ring (bicyclic) bond motifs is 1. The van der Waals surface area contributed by atoms with E-state index in [9.17, 15) is 9.59 Å². The fraction of sp³-hybridized carbons (Fsp3) is 0.263. The van der Waals surface area contributed by atoms with Gasteiger partial charge in [-0.25, -0.2) is 0 Å². The first kappa shape index (κ1) is 15.3. The quantitative estimate of drug-likeness (QED) is 0.676. The molecule has 1 aliphatic rings. The van der Waals surface area contributed by atoms with Crippen LogP contribution in [0.4, 0.5) is 5.69 Å². The zero-order chi connectivity index (χ0) is 16.4. The molecule has 4 nitrogen and oxygen atoms in total. The second-order valence-corrected chi connectivity index (χ2v) is 5.84. The van der Waals surface area contributed by atoms with Gasteiger partial charge in [-0.2, -0.15) is 0 Å². The predicted molar refractivity (Wildman–Crippen MR) is 91.8 cm³/mol. The molecule has 3 rings (SSSR count). The van der Waals surface area contributed by atoms with E-state index >= 15 is 0 Å².